The summed E-state index contributed by atoms with van der Waals surface area (Å²) >= 11 is 0. The highest BCUT2D eigenvalue weighted by Gasteiger charge is 2.23. The number of hydrogen-bond acceptors (Lipinski definition) is 5. The SMILES string of the molecule is COc1cc(C(=O)N[C@@H](C)c2nncn2C2CCCC2)ccc1O. The van der Waals surface area contributed by atoms with Gasteiger partial charge in [-0.1, -0.05) is 12.8 Å². The Labute approximate surface area is 140 Å². The Kier molecular flexibility index (Phi) is 4.69. The number of aromatic hydroxyl groups is 1. The Balaban J connectivity index is 1.74. The lowest BCUT2D eigenvalue weighted by atomic mass is 10.1. The second-order valence-electron chi connectivity index (χ2n) is 6.12. The van der Waals surface area contributed by atoms with Crippen LogP contribution in [0.1, 0.15) is 60.9 Å². The fraction of sp³-hybridized carbons (Fsp3) is 0.471. The molecule has 1 saturated carbocycles. The number of ether oxygens (including phenoxy) is 1. The molecular weight excluding hydrogens is 308 g/mol. The number of amides is 1. The molecule has 3 rings (SSSR count). The monoisotopic (exact) mass is 330 g/mol. The largest absolute Gasteiger partial charge is 0.504 e. The summed E-state index contributed by atoms with van der Waals surface area (Å²) in [6.45, 7) is 1.89. The highest BCUT2D eigenvalue weighted by Crippen LogP contribution is 2.31. The van der Waals surface area contributed by atoms with Crippen LogP contribution in [-0.2, 0) is 0 Å². The molecule has 2 aromatic rings. The van der Waals surface area contributed by atoms with E-state index in [1.54, 1.807) is 12.4 Å². The van der Waals surface area contributed by atoms with Crippen LogP contribution in [0.5, 0.6) is 11.5 Å². The Bertz CT molecular complexity index is 722. The standard InChI is InChI=1S/C17H22N4O3/c1-11(16-20-18-10-21(16)13-5-3-4-6-13)19-17(23)12-7-8-14(22)15(9-12)24-2/h7-11,13,22H,3-6H2,1-2H3,(H,19,23)/t11-/m0/s1. The van der Waals surface area contributed by atoms with Crippen LogP contribution in [0.2, 0.25) is 0 Å². The molecule has 0 radical (unpaired) electrons. The number of phenols is 1. The minimum Gasteiger partial charge on any atom is -0.504 e. The molecule has 1 fully saturated rings. The van der Waals surface area contributed by atoms with E-state index < -0.39 is 0 Å². The van der Waals surface area contributed by atoms with E-state index in [1.807, 2.05) is 6.92 Å². The molecule has 1 aromatic carbocycles. The molecule has 24 heavy (non-hydrogen) atoms. The molecule has 1 aromatic heterocycles. The normalized spacial score (nSPS) is 16.1. The van der Waals surface area contributed by atoms with Crippen molar-refractivity contribution in [3.05, 3.63) is 35.9 Å². The van der Waals surface area contributed by atoms with Crippen LogP contribution in [0.15, 0.2) is 24.5 Å². The molecule has 7 heteroatoms. The fourth-order valence-corrected chi connectivity index (χ4v) is 3.19. The number of rotatable bonds is 5. The van der Waals surface area contributed by atoms with Gasteiger partial charge in [-0.25, -0.2) is 0 Å². The summed E-state index contributed by atoms with van der Waals surface area (Å²) in [5, 5.41) is 20.8. The average Bonchev–Trinajstić information content (AvgIpc) is 3.25. The van der Waals surface area contributed by atoms with Gasteiger partial charge in [0, 0.05) is 11.6 Å². The number of carbonyl (C=O) groups excluding carboxylic acids is 1. The topological polar surface area (TPSA) is 89.3 Å². The number of nitrogens with one attached hydrogen (secondary N) is 1. The minimum atomic E-state index is -0.264. The Hall–Kier alpha value is -2.57. The van der Waals surface area contributed by atoms with Gasteiger partial charge in [0.15, 0.2) is 17.3 Å². The number of phenolic OH excluding ortho intramolecular Hbond substituents is 1. The maximum Gasteiger partial charge on any atom is 0.252 e. The molecule has 128 valence electrons. The predicted octanol–water partition coefficient (Wildman–Crippen LogP) is 2.60. The maximum absolute atomic E-state index is 12.5. The highest BCUT2D eigenvalue weighted by atomic mass is 16.5. The number of aromatic nitrogens is 3. The van der Waals surface area contributed by atoms with E-state index in [4.69, 9.17) is 4.74 Å². The first-order chi connectivity index (χ1) is 11.6. The van der Waals surface area contributed by atoms with Gasteiger partial charge in [-0.15, -0.1) is 10.2 Å². The number of nitrogens with zero attached hydrogens (tertiary/aromatic N) is 3. The van der Waals surface area contributed by atoms with Crippen LogP contribution in [0.4, 0.5) is 0 Å². The van der Waals surface area contributed by atoms with Gasteiger partial charge in [0.25, 0.3) is 5.91 Å². The van der Waals surface area contributed by atoms with E-state index in [0.29, 0.717) is 11.6 Å². The van der Waals surface area contributed by atoms with E-state index in [0.717, 1.165) is 18.7 Å². The summed E-state index contributed by atoms with van der Waals surface area (Å²) in [4.78, 5) is 12.5. The summed E-state index contributed by atoms with van der Waals surface area (Å²) in [5.74, 6) is 0.787. The third kappa shape index (κ3) is 3.20. The van der Waals surface area contributed by atoms with Crippen LogP contribution in [0.25, 0.3) is 0 Å². The fourth-order valence-electron chi connectivity index (χ4n) is 3.19. The second-order valence-corrected chi connectivity index (χ2v) is 6.12. The van der Waals surface area contributed by atoms with Crippen molar-refractivity contribution in [1.29, 1.82) is 0 Å². The molecular formula is C17H22N4O3. The summed E-state index contributed by atoms with van der Waals surface area (Å²) in [6, 6.07) is 4.67. The number of carbonyl (C=O) groups is 1. The number of benzene rings is 1. The van der Waals surface area contributed by atoms with Crippen molar-refractivity contribution in [1.82, 2.24) is 20.1 Å². The first kappa shape index (κ1) is 16.3. The second kappa shape index (κ2) is 6.90. The lowest BCUT2D eigenvalue weighted by molar-refractivity contribution is 0.0937. The molecule has 0 bridgehead atoms. The highest BCUT2D eigenvalue weighted by molar-refractivity contribution is 5.95. The third-order valence-electron chi connectivity index (χ3n) is 4.50. The van der Waals surface area contributed by atoms with Crippen molar-refractivity contribution in [3.8, 4) is 11.5 Å². The Morgan fingerprint density at radius 1 is 1.42 bits per heavy atom. The Morgan fingerprint density at radius 2 is 2.17 bits per heavy atom. The molecule has 0 aliphatic heterocycles. The number of hydrogen-bond donors (Lipinski definition) is 2. The van der Waals surface area contributed by atoms with Crippen LogP contribution >= 0.6 is 0 Å². The van der Waals surface area contributed by atoms with Gasteiger partial charge in [-0.05, 0) is 38.0 Å². The molecule has 0 saturated heterocycles. The lowest BCUT2D eigenvalue weighted by Gasteiger charge is -2.19. The van der Waals surface area contributed by atoms with E-state index >= 15 is 0 Å². The van der Waals surface area contributed by atoms with Crippen molar-refractivity contribution in [2.75, 3.05) is 7.11 Å². The van der Waals surface area contributed by atoms with Gasteiger partial charge >= 0.3 is 0 Å². The number of methoxy groups -OCH3 is 1. The molecule has 1 atom stereocenters. The van der Waals surface area contributed by atoms with Crippen molar-refractivity contribution < 1.29 is 14.6 Å². The van der Waals surface area contributed by atoms with E-state index in [1.165, 1.54) is 32.1 Å². The molecule has 7 nitrogen and oxygen atoms in total. The molecule has 1 aliphatic rings. The van der Waals surface area contributed by atoms with Gasteiger partial charge in [0.1, 0.15) is 6.33 Å². The van der Waals surface area contributed by atoms with Crippen molar-refractivity contribution >= 4 is 5.91 Å². The minimum absolute atomic E-state index is 0.00285. The van der Waals surface area contributed by atoms with Crippen molar-refractivity contribution in [3.63, 3.8) is 0 Å². The predicted molar refractivity (Wildman–Crippen MR) is 88.1 cm³/mol. The third-order valence-corrected chi connectivity index (χ3v) is 4.50. The van der Waals surface area contributed by atoms with Gasteiger partial charge in [0.05, 0.1) is 13.2 Å². The van der Waals surface area contributed by atoms with Crippen LogP contribution in [0, 0.1) is 0 Å². The summed E-state index contributed by atoms with van der Waals surface area (Å²) in [7, 11) is 1.45. The lowest BCUT2D eigenvalue weighted by Crippen LogP contribution is -2.29. The molecule has 2 N–H and O–H groups in total. The maximum atomic E-state index is 12.5. The van der Waals surface area contributed by atoms with Crippen LogP contribution in [-0.4, -0.2) is 32.9 Å². The zero-order valence-electron chi connectivity index (χ0n) is 13.9. The smallest absolute Gasteiger partial charge is 0.252 e. The molecule has 1 aliphatic carbocycles. The van der Waals surface area contributed by atoms with E-state index in [9.17, 15) is 9.90 Å². The van der Waals surface area contributed by atoms with E-state index in [2.05, 4.69) is 20.1 Å². The van der Waals surface area contributed by atoms with Gasteiger partial charge < -0.3 is 19.7 Å². The molecule has 0 unspecified atom stereocenters. The van der Waals surface area contributed by atoms with Crippen molar-refractivity contribution in [2.24, 2.45) is 0 Å². The van der Waals surface area contributed by atoms with Gasteiger partial charge in [-0.2, -0.15) is 0 Å². The molecule has 1 heterocycles. The first-order valence-electron chi connectivity index (χ1n) is 8.17. The van der Waals surface area contributed by atoms with E-state index in [-0.39, 0.29) is 23.4 Å². The summed E-state index contributed by atoms with van der Waals surface area (Å²) in [5.41, 5.74) is 0.420. The van der Waals surface area contributed by atoms with Crippen LogP contribution in [0.3, 0.4) is 0 Å². The van der Waals surface area contributed by atoms with Gasteiger partial charge in [0.2, 0.25) is 0 Å². The quantitative estimate of drug-likeness (QED) is 0.879. The summed E-state index contributed by atoms with van der Waals surface area (Å²) < 4.78 is 7.12. The zero-order valence-corrected chi connectivity index (χ0v) is 13.9. The zero-order chi connectivity index (χ0) is 17.1. The van der Waals surface area contributed by atoms with Crippen LogP contribution < -0.4 is 10.1 Å². The Morgan fingerprint density at radius 3 is 2.88 bits per heavy atom. The summed E-state index contributed by atoms with van der Waals surface area (Å²) in [6.07, 6.45) is 6.44. The van der Waals surface area contributed by atoms with Crippen molar-refractivity contribution in [2.45, 2.75) is 44.7 Å². The molecule has 1 amide bonds. The first-order valence-corrected chi connectivity index (χ1v) is 8.17. The van der Waals surface area contributed by atoms with Gasteiger partial charge in [-0.3, -0.25) is 4.79 Å². The average molecular weight is 330 g/mol. The molecule has 0 spiro atoms.